The molecule has 0 bridgehead atoms. The van der Waals surface area contributed by atoms with E-state index in [-0.39, 0.29) is 11.6 Å². The lowest BCUT2D eigenvalue weighted by Gasteiger charge is -2.33. The molecule has 0 N–H and O–H groups in total. The second kappa shape index (κ2) is 11.5. The summed E-state index contributed by atoms with van der Waals surface area (Å²) in [7, 11) is 0. The lowest BCUT2D eigenvalue weighted by atomic mass is 9.94. The summed E-state index contributed by atoms with van der Waals surface area (Å²) in [5, 5.41) is 4.16. The molecule has 7 aromatic rings. The van der Waals surface area contributed by atoms with Crippen molar-refractivity contribution in [3.63, 3.8) is 0 Å². The van der Waals surface area contributed by atoms with Crippen LogP contribution in [0.15, 0.2) is 140 Å². The lowest BCUT2D eigenvalue weighted by Crippen LogP contribution is -2.14. The second-order valence-corrected chi connectivity index (χ2v) is 11.6. The first-order valence-corrected chi connectivity index (χ1v) is 15.1. The Morgan fingerprint density at radius 2 is 0.689 bits per heavy atom. The third-order valence-electron chi connectivity index (χ3n) is 8.32. The van der Waals surface area contributed by atoms with Crippen LogP contribution in [-0.4, -0.2) is 0 Å². The van der Waals surface area contributed by atoms with Gasteiger partial charge in [-0.2, -0.15) is 0 Å². The smallest absolute Gasteiger partial charge is 0.123 e. The zero-order valence-electron chi connectivity index (χ0n) is 25.4. The minimum atomic E-state index is -0.281. The Morgan fingerprint density at radius 1 is 0.356 bits per heavy atom. The molecule has 0 fully saturated rings. The summed E-state index contributed by atoms with van der Waals surface area (Å²) in [6, 6.07) is 45.1. The first-order chi connectivity index (χ1) is 21.9. The van der Waals surface area contributed by atoms with Crippen LogP contribution >= 0.6 is 0 Å². The van der Waals surface area contributed by atoms with Crippen LogP contribution in [0.3, 0.4) is 0 Å². The van der Waals surface area contributed by atoms with Crippen molar-refractivity contribution in [2.24, 2.45) is 0 Å². The van der Waals surface area contributed by atoms with Gasteiger partial charge in [0.2, 0.25) is 0 Å². The van der Waals surface area contributed by atoms with Gasteiger partial charge in [0.15, 0.2) is 0 Å². The molecule has 0 saturated carbocycles. The fourth-order valence-electron chi connectivity index (χ4n) is 6.11. The van der Waals surface area contributed by atoms with Crippen LogP contribution in [0.1, 0.15) is 16.7 Å². The van der Waals surface area contributed by atoms with Crippen LogP contribution in [0.25, 0.3) is 21.5 Å². The summed E-state index contributed by atoms with van der Waals surface area (Å²) in [5.74, 6) is -0.562. The summed E-state index contributed by atoms with van der Waals surface area (Å²) in [4.78, 5) is 4.44. The molecule has 0 aromatic heterocycles. The molecule has 0 aliphatic rings. The highest BCUT2D eigenvalue weighted by Gasteiger charge is 2.25. The predicted molar refractivity (Wildman–Crippen MR) is 185 cm³/mol. The molecule has 2 nitrogen and oxygen atoms in total. The average Bonchev–Trinajstić information content (AvgIpc) is 3.05. The first kappa shape index (κ1) is 28.3. The highest BCUT2D eigenvalue weighted by atomic mass is 19.1. The van der Waals surface area contributed by atoms with Gasteiger partial charge < -0.3 is 9.80 Å². The SMILES string of the molecule is Cc1ccc(N(c2ccc(F)cc2)c2c3ccccc3c(N(c3ccc(C)cc3)c3ccc(F)cc3)c3cc(C)ccc23)cc1. The van der Waals surface area contributed by atoms with Gasteiger partial charge in [-0.1, -0.05) is 77.4 Å². The number of aryl methyl sites for hydroxylation is 3. The molecule has 7 rings (SSSR count). The predicted octanol–water partition coefficient (Wildman–Crippen LogP) is 12.1. The fraction of sp³-hybridized carbons (Fsp3) is 0.0732. The molecule has 7 aromatic carbocycles. The van der Waals surface area contributed by atoms with Crippen molar-refractivity contribution in [1.82, 2.24) is 0 Å². The number of hydrogen-bond acceptors (Lipinski definition) is 2. The standard InChI is InChI=1S/C41H32F2N2/c1-27-8-17-32(18-9-27)44(34-21-13-30(42)14-22-34)40-36-6-4-5-7-37(36)41(39-26-29(3)12-25-38(39)40)45(33-19-10-28(2)11-20-33)35-23-15-31(43)16-24-35/h4-26H,1-3H3. The van der Waals surface area contributed by atoms with E-state index < -0.39 is 0 Å². The molecule has 220 valence electrons. The third-order valence-corrected chi connectivity index (χ3v) is 8.32. The van der Waals surface area contributed by atoms with E-state index in [1.807, 2.05) is 24.3 Å². The Morgan fingerprint density at radius 3 is 1.11 bits per heavy atom. The van der Waals surface area contributed by atoms with Crippen molar-refractivity contribution in [3.05, 3.63) is 168 Å². The van der Waals surface area contributed by atoms with E-state index in [0.717, 1.165) is 72.4 Å². The van der Waals surface area contributed by atoms with Crippen molar-refractivity contribution in [3.8, 4) is 0 Å². The molecule has 0 radical (unpaired) electrons. The van der Waals surface area contributed by atoms with Crippen molar-refractivity contribution in [2.45, 2.75) is 20.8 Å². The maximum Gasteiger partial charge on any atom is 0.123 e. The first-order valence-electron chi connectivity index (χ1n) is 15.1. The molecular weight excluding hydrogens is 558 g/mol. The van der Waals surface area contributed by atoms with Gasteiger partial charge in [0.1, 0.15) is 11.6 Å². The molecule has 0 aliphatic carbocycles. The molecule has 0 spiro atoms. The van der Waals surface area contributed by atoms with Crippen LogP contribution in [0.2, 0.25) is 0 Å². The highest BCUT2D eigenvalue weighted by molar-refractivity contribution is 6.23. The van der Waals surface area contributed by atoms with E-state index in [0.29, 0.717) is 0 Å². The quantitative estimate of drug-likeness (QED) is 0.140. The average molecular weight is 591 g/mol. The monoisotopic (exact) mass is 590 g/mol. The fourth-order valence-corrected chi connectivity index (χ4v) is 6.11. The Balaban J connectivity index is 1.62. The Bertz CT molecular complexity index is 2040. The number of benzene rings is 7. The molecule has 0 amide bonds. The van der Waals surface area contributed by atoms with E-state index in [1.165, 1.54) is 24.3 Å². The van der Waals surface area contributed by atoms with E-state index in [9.17, 15) is 8.78 Å². The minimum Gasteiger partial charge on any atom is -0.309 e. The number of rotatable bonds is 6. The summed E-state index contributed by atoms with van der Waals surface area (Å²) in [6.45, 7) is 6.25. The van der Waals surface area contributed by atoms with Gasteiger partial charge in [0.25, 0.3) is 0 Å². The van der Waals surface area contributed by atoms with E-state index >= 15 is 0 Å². The third kappa shape index (κ3) is 5.29. The number of fused-ring (bicyclic) bond motifs is 2. The highest BCUT2D eigenvalue weighted by Crippen LogP contribution is 2.51. The normalized spacial score (nSPS) is 11.2. The van der Waals surface area contributed by atoms with E-state index in [2.05, 4.69) is 122 Å². The van der Waals surface area contributed by atoms with Gasteiger partial charge >= 0.3 is 0 Å². The van der Waals surface area contributed by atoms with Gasteiger partial charge in [-0.3, -0.25) is 0 Å². The van der Waals surface area contributed by atoms with Crippen LogP contribution in [-0.2, 0) is 0 Å². The topological polar surface area (TPSA) is 6.48 Å². The maximum absolute atomic E-state index is 14.2. The van der Waals surface area contributed by atoms with Crippen molar-refractivity contribution >= 4 is 55.7 Å². The summed E-state index contributed by atoms with van der Waals surface area (Å²) >= 11 is 0. The number of nitrogens with zero attached hydrogens (tertiary/aromatic N) is 2. The van der Waals surface area contributed by atoms with Gasteiger partial charge in [-0.15, -0.1) is 0 Å². The van der Waals surface area contributed by atoms with E-state index in [1.54, 1.807) is 0 Å². The maximum atomic E-state index is 14.2. The second-order valence-electron chi connectivity index (χ2n) is 11.6. The van der Waals surface area contributed by atoms with Gasteiger partial charge in [0.05, 0.1) is 11.4 Å². The van der Waals surface area contributed by atoms with Crippen LogP contribution in [0, 0.1) is 32.4 Å². The summed E-state index contributed by atoms with van der Waals surface area (Å²) in [6.07, 6.45) is 0. The molecule has 0 unspecified atom stereocenters. The van der Waals surface area contributed by atoms with Crippen molar-refractivity contribution in [1.29, 1.82) is 0 Å². The lowest BCUT2D eigenvalue weighted by molar-refractivity contribution is 0.627. The molecule has 0 atom stereocenters. The van der Waals surface area contributed by atoms with Crippen LogP contribution in [0.5, 0.6) is 0 Å². The molecule has 4 heteroatoms. The van der Waals surface area contributed by atoms with Crippen molar-refractivity contribution < 1.29 is 8.78 Å². The molecule has 0 aliphatic heterocycles. The minimum absolute atomic E-state index is 0.281. The van der Waals surface area contributed by atoms with Gasteiger partial charge in [-0.25, -0.2) is 8.78 Å². The Labute approximate surface area is 262 Å². The zero-order chi connectivity index (χ0) is 31.1. The van der Waals surface area contributed by atoms with E-state index in [4.69, 9.17) is 0 Å². The zero-order valence-corrected chi connectivity index (χ0v) is 25.4. The summed E-state index contributed by atoms with van der Waals surface area (Å²) in [5.41, 5.74) is 9.11. The van der Waals surface area contributed by atoms with Gasteiger partial charge in [-0.05, 0) is 99.6 Å². The van der Waals surface area contributed by atoms with Crippen molar-refractivity contribution in [2.75, 3.05) is 9.80 Å². The molecule has 0 saturated heterocycles. The van der Waals surface area contributed by atoms with Crippen LogP contribution < -0.4 is 9.80 Å². The van der Waals surface area contributed by atoms with Gasteiger partial charge in [0, 0.05) is 44.3 Å². The van der Waals surface area contributed by atoms with Crippen LogP contribution in [0.4, 0.5) is 42.9 Å². The number of halogens is 2. The summed E-state index contributed by atoms with van der Waals surface area (Å²) < 4.78 is 28.5. The number of anilines is 6. The molecule has 0 heterocycles. The largest absolute Gasteiger partial charge is 0.309 e. The molecule has 45 heavy (non-hydrogen) atoms. The Kier molecular flexibility index (Phi) is 7.26. The number of hydrogen-bond donors (Lipinski definition) is 0. The molecular formula is C41H32F2N2. The Hall–Kier alpha value is -5.48.